The Morgan fingerprint density at radius 2 is 1.75 bits per heavy atom. The molecule has 0 atom stereocenters. The number of para-hydroxylation sites is 4. The van der Waals surface area contributed by atoms with E-state index in [-0.39, 0.29) is 0 Å². The van der Waals surface area contributed by atoms with E-state index in [2.05, 4.69) is 29.5 Å². The van der Waals surface area contributed by atoms with Gasteiger partial charge in [-0.25, -0.2) is 4.98 Å². The molecule has 3 heterocycles. The maximum absolute atomic E-state index is 6.28. The standard InChI is InChI=1S/C27H23N3O2/c1-2-3-16-31-24-15-9-5-11-19(24)25-29-27-20(17-18-10-4-8-14-23(18)32-27)26-28-21-12-6-7-13-22(21)30(25)26/h4-15H,2-3,16-17H2,1H3. The van der Waals surface area contributed by atoms with Crippen molar-refractivity contribution in [1.82, 2.24) is 14.4 Å². The van der Waals surface area contributed by atoms with Crippen molar-refractivity contribution in [3.63, 3.8) is 0 Å². The minimum atomic E-state index is 0.616. The molecule has 0 saturated heterocycles. The number of hydrogen-bond donors (Lipinski definition) is 0. The highest BCUT2D eigenvalue weighted by atomic mass is 16.5. The first kappa shape index (κ1) is 18.9. The molecule has 5 heteroatoms. The third kappa shape index (κ3) is 3.01. The van der Waals surface area contributed by atoms with Crippen molar-refractivity contribution in [2.45, 2.75) is 26.2 Å². The average molecular weight is 422 g/mol. The molecule has 0 N–H and O–H groups in total. The normalized spacial score (nSPS) is 12.4. The van der Waals surface area contributed by atoms with Crippen LogP contribution in [0.3, 0.4) is 0 Å². The fourth-order valence-corrected chi connectivity index (χ4v) is 4.32. The molecule has 0 spiro atoms. The van der Waals surface area contributed by atoms with Crippen LogP contribution in [0.4, 0.5) is 0 Å². The van der Waals surface area contributed by atoms with Crippen LogP contribution >= 0.6 is 0 Å². The first-order chi connectivity index (χ1) is 15.8. The molecule has 0 amide bonds. The zero-order chi connectivity index (χ0) is 21.5. The summed E-state index contributed by atoms with van der Waals surface area (Å²) >= 11 is 0. The Hall–Kier alpha value is -3.86. The fourth-order valence-electron chi connectivity index (χ4n) is 4.32. The fraction of sp³-hybridized carbons (Fsp3) is 0.185. The first-order valence-corrected chi connectivity index (χ1v) is 11.1. The van der Waals surface area contributed by atoms with E-state index in [1.165, 1.54) is 0 Å². The molecule has 5 aromatic rings. The van der Waals surface area contributed by atoms with Crippen molar-refractivity contribution >= 4 is 16.7 Å². The second-order valence-electron chi connectivity index (χ2n) is 8.06. The molecule has 6 rings (SSSR count). The number of aromatic nitrogens is 3. The summed E-state index contributed by atoms with van der Waals surface area (Å²) in [5.41, 5.74) is 5.92. The molecule has 0 saturated carbocycles. The predicted molar refractivity (Wildman–Crippen MR) is 126 cm³/mol. The number of unbranched alkanes of at least 4 members (excludes halogenated alkanes) is 1. The highest BCUT2D eigenvalue weighted by Gasteiger charge is 2.26. The van der Waals surface area contributed by atoms with Crippen LogP contribution in [-0.4, -0.2) is 21.0 Å². The minimum absolute atomic E-state index is 0.616. The zero-order valence-corrected chi connectivity index (χ0v) is 17.9. The van der Waals surface area contributed by atoms with Crippen LogP contribution in [0.5, 0.6) is 17.4 Å². The summed E-state index contributed by atoms with van der Waals surface area (Å²) in [5, 5.41) is 0. The summed E-state index contributed by atoms with van der Waals surface area (Å²) in [4.78, 5) is 10.0. The van der Waals surface area contributed by atoms with E-state index in [0.717, 1.165) is 70.0 Å². The molecule has 158 valence electrons. The van der Waals surface area contributed by atoms with E-state index in [4.69, 9.17) is 19.4 Å². The van der Waals surface area contributed by atoms with Crippen molar-refractivity contribution in [2.24, 2.45) is 0 Å². The molecule has 0 unspecified atom stereocenters. The lowest BCUT2D eigenvalue weighted by molar-refractivity contribution is 0.310. The summed E-state index contributed by atoms with van der Waals surface area (Å²) in [6, 6.07) is 24.4. The van der Waals surface area contributed by atoms with Crippen molar-refractivity contribution < 1.29 is 9.47 Å². The average Bonchev–Trinajstić information content (AvgIpc) is 3.23. The van der Waals surface area contributed by atoms with Crippen molar-refractivity contribution in [3.8, 4) is 28.8 Å². The summed E-state index contributed by atoms with van der Waals surface area (Å²) in [7, 11) is 0. The van der Waals surface area contributed by atoms with Gasteiger partial charge in [0.15, 0.2) is 5.82 Å². The smallest absolute Gasteiger partial charge is 0.228 e. The van der Waals surface area contributed by atoms with Gasteiger partial charge in [0, 0.05) is 6.42 Å². The predicted octanol–water partition coefficient (Wildman–Crippen LogP) is 6.42. The largest absolute Gasteiger partial charge is 0.493 e. The maximum atomic E-state index is 6.28. The van der Waals surface area contributed by atoms with Gasteiger partial charge in [-0.05, 0) is 42.3 Å². The van der Waals surface area contributed by atoms with Crippen LogP contribution in [0.15, 0.2) is 72.8 Å². The lowest BCUT2D eigenvalue weighted by Crippen LogP contribution is -2.10. The van der Waals surface area contributed by atoms with Gasteiger partial charge in [-0.1, -0.05) is 55.8 Å². The Balaban J connectivity index is 1.62. The van der Waals surface area contributed by atoms with Crippen LogP contribution in [-0.2, 0) is 6.42 Å². The molecule has 2 aromatic heterocycles. The van der Waals surface area contributed by atoms with Crippen molar-refractivity contribution in [2.75, 3.05) is 6.61 Å². The summed E-state index contributed by atoms with van der Waals surface area (Å²) in [6.45, 7) is 2.84. The number of hydrogen-bond acceptors (Lipinski definition) is 4. The molecule has 5 nitrogen and oxygen atoms in total. The number of rotatable bonds is 5. The van der Waals surface area contributed by atoms with Gasteiger partial charge in [0.25, 0.3) is 0 Å². The lowest BCUT2D eigenvalue weighted by Gasteiger charge is -2.21. The first-order valence-electron chi connectivity index (χ1n) is 11.1. The number of ether oxygens (including phenoxy) is 2. The Kier molecular flexibility index (Phi) is 4.53. The highest BCUT2D eigenvalue weighted by molar-refractivity contribution is 5.85. The zero-order valence-electron chi connectivity index (χ0n) is 17.9. The van der Waals surface area contributed by atoms with Crippen LogP contribution in [0, 0.1) is 0 Å². The van der Waals surface area contributed by atoms with Crippen LogP contribution in [0.25, 0.3) is 28.1 Å². The van der Waals surface area contributed by atoms with Crippen LogP contribution < -0.4 is 9.47 Å². The number of nitrogens with zero attached hydrogens (tertiary/aromatic N) is 3. The Labute approximate surface area is 186 Å². The van der Waals surface area contributed by atoms with Gasteiger partial charge in [0.2, 0.25) is 5.88 Å². The summed E-state index contributed by atoms with van der Waals surface area (Å²) in [5.74, 6) is 3.07. The molecule has 3 aromatic carbocycles. The van der Waals surface area contributed by atoms with Gasteiger partial charge in [-0.3, -0.25) is 4.40 Å². The monoisotopic (exact) mass is 421 g/mol. The molecule has 32 heavy (non-hydrogen) atoms. The highest BCUT2D eigenvalue weighted by Crippen LogP contribution is 2.41. The van der Waals surface area contributed by atoms with Gasteiger partial charge in [0.05, 0.1) is 28.8 Å². The number of benzene rings is 3. The Morgan fingerprint density at radius 3 is 2.69 bits per heavy atom. The molecular weight excluding hydrogens is 398 g/mol. The van der Waals surface area contributed by atoms with Gasteiger partial charge in [0.1, 0.15) is 17.1 Å². The Bertz CT molecular complexity index is 1450. The number of imidazole rings is 1. The van der Waals surface area contributed by atoms with E-state index < -0.39 is 0 Å². The van der Waals surface area contributed by atoms with Gasteiger partial charge in [-0.15, -0.1) is 0 Å². The molecule has 0 aliphatic carbocycles. The molecule has 1 aliphatic rings. The SMILES string of the molecule is CCCCOc1ccccc1-c1nc2c(c3nc4ccccc4n13)Cc1ccccc1O2. The lowest BCUT2D eigenvalue weighted by atomic mass is 10.0. The number of fused-ring (bicyclic) bond motifs is 6. The minimum Gasteiger partial charge on any atom is -0.493 e. The van der Waals surface area contributed by atoms with E-state index in [0.29, 0.717) is 12.5 Å². The summed E-state index contributed by atoms with van der Waals surface area (Å²) < 4.78 is 14.6. The molecule has 0 bridgehead atoms. The van der Waals surface area contributed by atoms with Crippen molar-refractivity contribution in [1.29, 1.82) is 0 Å². The second-order valence-corrected chi connectivity index (χ2v) is 8.06. The molecule has 1 aliphatic heterocycles. The molecule has 0 fully saturated rings. The third-order valence-electron chi connectivity index (χ3n) is 5.94. The van der Waals surface area contributed by atoms with Crippen LogP contribution in [0.1, 0.15) is 30.9 Å². The Morgan fingerprint density at radius 1 is 0.938 bits per heavy atom. The third-order valence-corrected chi connectivity index (χ3v) is 5.94. The van der Waals surface area contributed by atoms with E-state index in [1.54, 1.807) is 0 Å². The van der Waals surface area contributed by atoms with Gasteiger partial charge in [-0.2, -0.15) is 4.98 Å². The molecular formula is C27H23N3O2. The quantitative estimate of drug-likeness (QED) is 0.301. The topological polar surface area (TPSA) is 48.7 Å². The van der Waals surface area contributed by atoms with Gasteiger partial charge >= 0.3 is 0 Å². The maximum Gasteiger partial charge on any atom is 0.228 e. The molecule has 0 radical (unpaired) electrons. The van der Waals surface area contributed by atoms with Crippen molar-refractivity contribution in [3.05, 3.63) is 83.9 Å². The van der Waals surface area contributed by atoms with Gasteiger partial charge < -0.3 is 9.47 Å². The van der Waals surface area contributed by atoms with E-state index in [1.807, 2.05) is 54.6 Å². The van der Waals surface area contributed by atoms with E-state index >= 15 is 0 Å². The van der Waals surface area contributed by atoms with E-state index in [9.17, 15) is 0 Å². The second kappa shape index (κ2) is 7.68. The summed E-state index contributed by atoms with van der Waals surface area (Å²) in [6.07, 6.45) is 2.83. The van der Waals surface area contributed by atoms with Crippen LogP contribution in [0.2, 0.25) is 0 Å².